The van der Waals surface area contributed by atoms with Gasteiger partial charge in [-0.1, -0.05) is 20.8 Å². The van der Waals surface area contributed by atoms with Gasteiger partial charge in [-0.05, 0) is 12.8 Å². The summed E-state index contributed by atoms with van der Waals surface area (Å²) in [5.41, 5.74) is 0.444. The molecule has 1 fully saturated rings. The molecule has 6 nitrogen and oxygen atoms in total. The smallest absolute Gasteiger partial charge is 0.374 e. The number of aromatic carboxylic acids is 1. The Bertz CT molecular complexity index is 511. The fourth-order valence-corrected chi connectivity index (χ4v) is 2.39. The topological polar surface area (TPSA) is 86.5 Å². The van der Waals surface area contributed by atoms with E-state index in [2.05, 4.69) is 9.97 Å². The van der Waals surface area contributed by atoms with Crippen LogP contribution in [0.3, 0.4) is 0 Å². The predicted molar refractivity (Wildman–Crippen MR) is 75.1 cm³/mol. The lowest BCUT2D eigenvalue weighted by atomic mass is 9.92. The van der Waals surface area contributed by atoms with Gasteiger partial charge in [0.25, 0.3) is 0 Å². The Labute approximate surface area is 118 Å². The van der Waals surface area contributed by atoms with Crippen molar-refractivity contribution in [2.45, 2.75) is 45.1 Å². The van der Waals surface area contributed by atoms with E-state index in [0.29, 0.717) is 11.5 Å². The molecule has 6 heteroatoms. The molecule has 0 aliphatic carbocycles. The number of carboxylic acid groups (broad SMARTS) is 1. The quantitative estimate of drug-likeness (QED) is 0.870. The van der Waals surface area contributed by atoms with E-state index in [1.165, 1.54) is 0 Å². The highest BCUT2D eigenvalue weighted by Crippen LogP contribution is 2.28. The number of aromatic nitrogens is 2. The van der Waals surface area contributed by atoms with Crippen molar-refractivity contribution < 1.29 is 15.0 Å². The lowest BCUT2D eigenvalue weighted by Gasteiger charge is -2.26. The van der Waals surface area contributed by atoms with Crippen LogP contribution in [-0.2, 0) is 5.41 Å². The van der Waals surface area contributed by atoms with E-state index in [1.807, 2.05) is 31.7 Å². The number of carboxylic acids is 1. The molecule has 0 unspecified atom stereocenters. The molecule has 0 spiro atoms. The minimum absolute atomic E-state index is 0.0133. The highest BCUT2D eigenvalue weighted by Gasteiger charge is 2.28. The normalized spacial score (nSPS) is 19.4. The van der Waals surface area contributed by atoms with Crippen LogP contribution in [0.1, 0.15) is 49.9 Å². The first-order valence-electron chi connectivity index (χ1n) is 6.83. The average Bonchev–Trinajstić information content (AvgIpc) is 2.85. The highest BCUT2D eigenvalue weighted by atomic mass is 16.4. The molecule has 1 aromatic rings. The van der Waals surface area contributed by atoms with Gasteiger partial charge < -0.3 is 15.1 Å². The van der Waals surface area contributed by atoms with Crippen LogP contribution < -0.4 is 4.90 Å². The molecule has 0 amide bonds. The largest absolute Gasteiger partial charge is 0.475 e. The highest BCUT2D eigenvalue weighted by molar-refractivity contribution is 5.83. The van der Waals surface area contributed by atoms with Gasteiger partial charge in [-0.3, -0.25) is 0 Å². The molecule has 1 aliphatic rings. The number of aliphatic hydroxyl groups is 1. The fourth-order valence-electron chi connectivity index (χ4n) is 2.39. The van der Waals surface area contributed by atoms with Crippen molar-refractivity contribution in [2.75, 3.05) is 18.1 Å². The van der Waals surface area contributed by atoms with Crippen LogP contribution >= 0.6 is 0 Å². The molecule has 20 heavy (non-hydrogen) atoms. The number of hydrogen-bond acceptors (Lipinski definition) is 5. The molecule has 110 valence electrons. The van der Waals surface area contributed by atoms with Gasteiger partial charge in [0.05, 0.1) is 18.3 Å². The molecule has 1 saturated heterocycles. The number of rotatable bonds is 3. The van der Waals surface area contributed by atoms with E-state index >= 15 is 0 Å². The maximum Gasteiger partial charge on any atom is 0.374 e. The summed E-state index contributed by atoms with van der Waals surface area (Å²) in [4.78, 5) is 21.4. The number of nitrogens with zero attached hydrogens (tertiary/aromatic N) is 3. The summed E-state index contributed by atoms with van der Waals surface area (Å²) < 4.78 is 0. The Morgan fingerprint density at radius 3 is 2.70 bits per heavy atom. The molecule has 0 radical (unpaired) electrons. The van der Waals surface area contributed by atoms with Crippen molar-refractivity contribution in [1.82, 2.24) is 9.97 Å². The van der Waals surface area contributed by atoms with Crippen LogP contribution in [0.15, 0.2) is 6.07 Å². The Morgan fingerprint density at radius 1 is 1.45 bits per heavy atom. The first-order valence-corrected chi connectivity index (χ1v) is 6.83. The maximum atomic E-state index is 11.2. The lowest BCUT2D eigenvalue weighted by molar-refractivity contribution is 0.0683. The van der Waals surface area contributed by atoms with Crippen molar-refractivity contribution >= 4 is 11.8 Å². The predicted octanol–water partition coefficient (Wildman–Crippen LogP) is 1.43. The molecule has 2 heterocycles. The van der Waals surface area contributed by atoms with Crippen molar-refractivity contribution in [3.63, 3.8) is 0 Å². The number of anilines is 1. The molecule has 0 saturated carbocycles. The maximum absolute atomic E-state index is 11.2. The van der Waals surface area contributed by atoms with Crippen LogP contribution in [-0.4, -0.2) is 45.3 Å². The van der Waals surface area contributed by atoms with E-state index in [4.69, 9.17) is 0 Å². The van der Waals surface area contributed by atoms with Crippen LogP contribution in [0.4, 0.5) is 5.82 Å². The number of hydrogen-bond donors (Lipinski definition) is 2. The number of carbonyl (C=O) groups is 1. The standard InChI is InChI=1S/C14H21N3O3/c1-14(2,3)10-7-11(16-12(15-10)13(19)20)17-6-4-5-9(17)8-18/h7,9,18H,4-6,8H2,1-3H3,(H,19,20)/t9-/m1/s1. The van der Waals surface area contributed by atoms with Gasteiger partial charge in [-0.15, -0.1) is 0 Å². The molecule has 1 atom stereocenters. The average molecular weight is 279 g/mol. The van der Waals surface area contributed by atoms with Gasteiger partial charge in [0, 0.05) is 18.0 Å². The van der Waals surface area contributed by atoms with Crippen molar-refractivity contribution in [3.05, 3.63) is 17.6 Å². The van der Waals surface area contributed by atoms with Gasteiger partial charge in [-0.25, -0.2) is 14.8 Å². The zero-order valence-electron chi connectivity index (χ0n) is 12.1. The third-order valence-corrected chi connectivity index (χ3v) is 3.55. The minimum Gasteiger partial charge on any atom is -0.475 e. The SMILES string of the molecule is CC(C)(C)c1cc(N2CCC[C@@H]2CO)nc(C(=O)O)n1. The molecule has 2 N–H and O–H groups in total. The van der Waals surface area contributed by atoms with Crippen LogP contribution in [0.25, 0.3) is 0 Å². The van der Waals surface area contributed by atoms with Gasteiger partial charge >= 0.3 is 5.97 Å². The minimum atomic E-state index is -1.13. The fraction of sp³-hybridized carbons (Fsp3) is 0.643. The monoisotopic (exact) mass is 279 g/mol. The van der Waals surface area contributed by atoms with Gasteiger partial charge in [0.2, 0.25) is 5.82 Å². The summed E-state index contributed by atoms with van der Waals surface area (Å²) in [7, 11) is 0. The molecular weight excluding hydrogens is 258 g/mol. The number of aliphatic hydroxyl groups excluding tert-OH is 1. The Morgan fingerprint density at radius 2 is 2.15 bits per heavy atom. The second kappa shape index (κ2) is 5.36. The third kappa shape index (κ3) is 2.90. The molecule has 2 rings (SSSR count). The Kier molecular flexibility index (Phi) is 3.94. The van der Waals surface area contributed by atoms with E-state index in [-0.39, 0.29) is 23.9 Å². The summed E-state index contributed by atoms with van der Waals surface area (Å²) >= 11 is 0. The summed E-state index contributed by atoms with van der Waals surface area (Å²) in [5, 5.41) is 18.6. The van der Waals surface area contributed by atoms with Crippen molar-refractivity contribution in [3.8, 4) is 0 Å². The summed E-state index contributed by atoms with van der Waals surface area (Å²) in [6.07, 6.45) is 1.87. The molecule has 1 aromatic heterocycles. The van der Waals surface area contributed by atoms with Gasteiger partial charge in [0.15, 0.2) is 0 Å². The van der Waals surface area contributed by atoms with Crippen molar-refractivity contribution in [2.24, 2.45) is 0 Å². The molecule has 0 aromatic carbocycles. The van der Waals surface area contributed by atoms with E-state index < -0.39 is 5.97 Å². The second-order valence-electron chi connectivity index (χ2n) is 6.16. The van der Waals surface area contributed by atoms with E-state index in [0.717, 1.165) is 19.4 Å². The first kappa shape index (κ1) is 14.7. The first-order chi connectivity index (χ1) is 9.32. The third-order valence-electron chi connectivity index (χ3n) is 3.55. The zero-order chi connectivity index (χ0) is 14.9. The van der Waals surface area contributed by atoms with E-state index in [9.17, 15) is 15.0 Å². The second-order valence-corrected chi connectivity index (χ2v) is 6.16. The molecule has 0 bridgehead atoms. The van der Waals surface area contributed by atoms with Crippen LogP contribution in [0.2, 0.25) is 0 Å². The van der Waals surface area contributed by atoms with Crippen molar-refractivity contribution in [1.29, 1.82) is 0 Å². The molecule has 1 aliphatic heterocycles. The van der Waals surface area contributed by atoms with Crippen LogP contribution in [0.5, 0.6) is 0 Å². The van der Waals surface area contributed by atoms with Crippen LogP contribution in [0, 0.1) is 0 Å². The summed E-state index contributed by atoms with van der Waals surface area (Å²) in [6, 6.07) is 1.85. The Hall–Kier alpha value is -1.69. The molecular formula is C14H21N3O3. The lowest BCUT2D eigenvalue weighted by Crippen LogP contribution is -2.33. The Balaban J connectivity index is 2.47. The summed E-state index contributed by atoms with van der Waals surface area (Å²) in [5.74, 6) is -0.716. The zero-order valence-corrected chi connectivity index (χ0v) is 12.1. The van der Waals surface area contributed by atoms with E-state index in [1.54, 1.807) is 0 Å². The summed E-state index contributed by atoms with van der Waals surface area (Å²) in [6.45, 7) is 6.79. The van der Waals surface area contributed by atoms with Gasteiger partial charge in [-0.2, -0.15) is 0 Å². The van der Waals surface area contributed by atoms with Gasteiger partial charge in [0.1, 0.15) is 5.82 Å².